The average molecular weight is 224 g/mol. The van der Waals surface area contributed by atoms with Crippen molar-refractivity contribution in [1.29, 1.82) is 0 Å². The summed E-state index contributed by atoms with van der Waals surface area (Å²) in [5.41, 5.74) is 0.133. The Morgan fingerprint density at radius 1 is 0.765 bits per heavy atom. The first kappa shape index (κ1) is 15.2. The lowest BCUT2D eigenvalue weighted by Gasteiger charge is -2.36. The molecular weight excluding hydrogens is 204 g/mol. The lowest BCUT2D eigenvalue weighted by molar-refractivity contribution is 0.170. The molecule has 17 heavy (non-hydrogen) atoms. The Kier molecular flexibility index (Phi) is 6.05. The minimum absolute atomic E-state index is 0.0485. The molecule has 0 nitrogen and oxygen atoms in total. The molecule has 0 aliphatic heterocycles. The Hall–Kier alpha value is -1.76. The fraction of sp³-hybridized carbons (Fsp3) is 0.529. The Bertz CT molecular complexity index is 485. The summed E-state index contributed by atoms with van der Waals surface area (Å²) in [4.78, 5) is 0. The molecule has 88 valence electrons. The number of hydrogen-bond acceptors (Lipinski definition) is 0. The third kappa shape index (κ3) is 5.21. The van der Waals surface area contributed by atoms with Gasteiger partial charge >= 0.3 is 0 Å². The average Bonchev–Trinajstić information content (AvgIpc) is 2.27. The molecule has 0 heteroatoms. The van der Waals surface area contributed by atoms with Crippen molar-refractivity contribution in [2.24, 2.45) is 10.8 Å². The third-order valence-corrected chi connectivity index (χ3v) is 3.39. The summed E-state index contributed by atoms with van der Waals surface area (Å²) in [5, 5.41) is 0. The van der Waals surface area contributed by atoms with Crippen LogP contribution >= 0.6 is 0 Å². The summed E-state index contributed by atoms with van der Waals surface area (Å²) in [6, 6.07) is 0. The monoisotopic (exact) mass is 224 g/mol. The van der Waals surface area contributed by atoms with E-state index < -0.39 is 0 Å². The van der Waals surface area contributed by atoms with E-state index in [0.717, 1.165) is 6.42 Å². The fourth-order valence-corrected chi connectivity index (χ4v) is 0.986. The van der Waals surface area contributed by atoms with E-state index in [-0.39, 0.29) is 10.8 Å². The zero-order chi connectivity index (χ0) is 13.4. The molecule has 0 saturated carbocycles. The fourth-order valence-electron chi connectivity index (χ4n) is 0.986. The van der Waals surface area contributed by atoms with Crippen molar-refractivity contribution in [1.82, 2.24) is 0 Å². The molecule has 0 fully saturated rings. The molecule has 0 unspecified atom stereocenters. The summed E-state index contributed by atoms with van der Waals surface area (Å²) in [5.74, 6) is 22.1. The van der Waals surface area contributed by atoms with Crippen LogP contribution in [-0.2, 0) is 0 Å². The maximum atomic E-state index is 3.21. The van der Waals surface area contributed by atoms with Gasteiger partial charge in [-0.2, -0.15) is 0 Å². The van der Waals surface area contributed by atoms with Crippen LogP contribution in [0, 0.1) is 58.2 Å². The molecule has 0 aromatic heterocycles. The molecule has 0 aliphatic carbocycles. The maximum absolute atomic E-state index is 3.21. The molecule has 0 bridgehead atoms. The zero-order valence-corrected chi connectivity index (χ0v) is 11.7. The third-order valence-electron chi connectivity index (χ3n) is 3.39. The second-order valence-corrected chi connectivity index (χ2v) is 4.99. The highest BCUT2D eigenvalue weighted by molar-refractivity contribution is 5.40. The topological polar surface area (TPSA) is 0 Å². The minimum atomic E-state index is -0.0485. The Morgan fingerprint density at radius 2 is 1.24 bits per heavy atom. The second kappa shape index (κ2) is 6.74. The van der Waals surface area contributed by atoms with Crippen molar-refractivity contribution in [3.8, 4) is 47.4 Å². The van der Waals surface area contributed by atoms with Crippen molar-refractivity contribution in [2.45, 2.75) is 48.0 Å². The van der Waals surface area contributed by atoms with Gasteiger partial charge in [0.15, 0.2) is 0 Å². The molecule has 0 N–H and O–H groups in total. The lowest BCUT2D eigenvalue weighted by atomic mass is 9.67. The quantitative estimate of drug-likeness (QED) is 0.630. The summed E-state index contributed by atoms with van der Waals surface area (Å²) in [7, 11) is 0. The van der Waals surface area contributed by atoms with E-state index in [2.05, 4.69) is 82.0 Å². The first-order valence-electron chi connectivity index (χ1n) is 5.81. The Balaban J connectivity index is 4.76. The smallest absolute Gasteiger partial charge is 0.0319 e. The van der Waals surface area contributed by atoms with Crippen LogP contribution in [0.5, 0.6) is 0 Å². The van der Waals surface area contributed by atoms with Crippen molar-refractivity contribution < 1.29 is 0 Å². The van der Waals surface area contributed by atoms with Crippen molar-refractivity contribution in [3.63, 3.8) is 0 Å². The van der Waals surface area contributed by atoms with Gasteiger partial charge in [0.25, 0.3) is 0 Å². The molecule has 0 saturated heterocycles. The van der Waals surface area contributed by atoms with Crippen LogP contribution in [0.25, 0.3) is 0 Å². The molecule has 0 heterocycles. The predicted octanol–water partition coefficient (Wildman–Crippen LogP) is 3.48. The van der Waals surface area contributed by atoms with Gasteiger partial charge in [-0.1, -0.05) is 32.6 Å². The van der Waals surface area contributed by atoms with E-state index in [9.17, 15) is 0 Å². The number of rotatable bonds is 2. The highest BCUT2D eigenvalue weighted by Crippen LogP contribution is 2.40. The predicted molar refractivity (Wildman–Crippen MR) is 74.6 cm³/mol. The maximum Gasteiger partial charge on any atom is 0.0319 e. The number of hydrogen-bond donors (Lipinski definition) is 0. The highest BCUT2D eigenvalue weighted by atomic mass is 14.4. The Morgan fingerprint density at radius 3 is 1.71 bits per heavy atom. The molecule has 0 rings (SSSR count). The van der Waals surface area contributed by atoms with Crippen LogP contribution in [-0.4, -0.2) is 0 Å². The van der Waals surface area contributed by atoms with Crippen molar-refractivity contribution in [2.75, 3.05) is 0 Å². The molecule has 0 aliphatic rings. The summed E-state index contributed by atoms with van der Waals surface area (Å²) in [6.07, 6.45) is 1.09. The van der Waals surface area contributed by atoms with Crippen molar-refractivity contribution >= 4 is 0 Å². The van der Waals surface area contributed by atoms with E-state index in [1.165, 1.54) is 0 Å². The van der Waals surface area contributed by atoms with E-state index in [4.69, 9.17) is 0 Å². The van der Waals surface area contributed by atoms with Gasteiger partial charge < -0.3 is 0 Å². The van der Waals surface area contributed by atoms with Gasteiger partial charge in [-0.25, -0.2) is 0 Å². The van der Waals surface area contributed by atoms with E-state index >= 15 is 0 Å². The van der Waals surface area contributed by atoms with Gasteiger partial charge in [0, 0.05) is 5.41 Å². The van der Waals surface area contributed by atoms with Crippen LogP contribution in [0.2, 0.25) is 0 Å². The standard InChI is InChI=1S/C17H20/c1-7-9-10-11-12-13-14-15-17(5,6)16(3,4)8-2/h8H2,1-6H3. The SMILES string of the molecule is CC#CC#CC#CC#CC(C)(C)C(C)(C)CC. The van der Waals surface area contributed by atoms with Crippen LogP contribution in [0.3, 0.4) is 0 Å². The molecular formula is C17H20. The molecule has 0 amide bonds. The van der Waals surface area contributed by atoms with Crippen LogP contribution in [0.4, 0.5) is 0 Å². The minimum Gasteiger partial charge on any atom is -0.0925 e. The first-order valence-corrected chi connectivity index (χ1v) is 5.81. The molecule has 0 aromatic rings. The van der Waals surface area contributed by atoms with Gasteiger partial charge in [-0.05, 0) is 68.1 Å². The molecule has 0 radical (unpaired) electrons. The van der Waals surface area contributed by atoms with Gasteiger partial charge in [-0.3, -0.25) is 0 Å². The lowest BCUT2D eigenvalue weighted by Crippen LogP contribution is -2.30. The van der Waals surface area contributed by atoms with Crippen LogP contribution < -0.4 is 0 Å². The normalized spacial score (nSPS) is 9.29. The van der Waals surface area contributed by atoms with Gasteiger partial charge in [0.1, 0.15) is 0 Å². The zero-order valence-electron chi connectivity index (χ0n) is 11.7. The van der Waals surface area contributed by atoms with E-state index in [1.807, 2.05) is 0 Å². The van der Waals surface area contributed by atoms with Crippen molar-refractivity contribution in [3.05, 3.63) is 0 Å². The molecule has 0 atom stereocenters. The van der Waals surface area contributed by atoms with Gasteiger partial charge in [-0.15, -0.1) is 0 Å². The summed E-state index contributed by atoms with van der Waals surface area (Å²) in [6.45, 7) is 12.7. The largest absolute Gasteiger partial charge is 0.0925 e. The Labute approximate surface area is 107 Å². The summed E-state index contributed by atoms with van der Waals surface area (Å²) < 4.78 is 0. The van der Waals surface area contributed by atoms with E-state index in [0.29, 0.717) is 0 Å². The molecule has 0 spiro atoms. The summed E-state index contributed by atoms with van der Waals surface area (Å²) >= 11 is 0. The van der Waals surface area contributed by atoms with Crippen LogP contribution in [0.1, 0.15) is 48.0 Å². The van der Waals surface area contributed by atoms with E-state index in [1.54, 1.807) is 6.92 Å². The van der Waals surface area contributed by atoms with Gasteiger partial charge in [0.05, 0.1) is 0 Å². The first-order chi connectivity index (χ1) is 7.87. The van der Waals surface area contributed by atoms with Crippen LogP contribution in [0.15, 0.2) is 0 Å². The highest BCUT2D eigenvalue weighted by Gasteiger charge is 2.33. The second-order valence-electron chi connectivity index (χ2n) is 4.99. The molecule has 0 aromatic carbocycles. The van der Waals surface area contributed by atoms with Gasteiger partial charge in [0.2, 0.25) is 0 Å².